The average molecular weight is 574 g/mol. The number of fused-ring (bicyclic) bond motifs is 1. The van der Waals surface area contributed by atoms with E-state index < -0.39 is 0 Å². The highest BCUT2D eigenvalue weighted by molar-refractivity contribution is 6.30. The van der Waals surface area contributed by atoms with Gasteiger partial charge in [-0.2, -0.15) is 0 Å². The summed E-state index contributed by atoms with van der Waals surface area (Å²) in [5, 5.41) is 4.37. The standard InChI is InChI=1S/C31H36ClN7O2/c1-37-13-15-38(16-14-37)23-8-10-24(11-9-23)39-18-25(28-29(33)34-19-35-30(28)39)21-5-12-26(27(17-21)41-2)36-31(40)20-3-6-22(32)7-4-20/h3-7,12,17-19,23-24H,8-11,13-16H2,1-2H3,(H,36,40)(H2,33,34,35). The number of nitrogens with zero attached hydrogens (tertiary/aromatic N) is 5. The van der Waals surface area contributed by atoms with Crippen LogP contribution in [-0.4, -0.2) is 76.6 Å². The van der Waals surface area contributed by atoms with E-state index in [0.717, 1.165) is 61.2 Å². The van der Waals surface area contributed by atoms with E-state index in [-0.39, 0.29) is 5.91 Å². The third kappa shape index (κ3) is 5.62. The Morgan fingerprint density at radius 1 is 1.00 bits per heavy atom. The molecule has 41 heavy (non-hydrogen) atoms. The number of rotatable bonds is 6. The highest BCUT2D eigenvalue weighted by Crippen LogP contribution is 2.40. The zero-order valence-electron chi connectivity index (χ0n) is 23.5. The molecule has 2 aromatic heterocycles. The summed E-state index contributed by atoms with van der Waals surface area (Å²) in [6.07, 6.45) is 8.27. The van der Waals surface area contributed by atoms with Crippen LogP contribution in [-0.2, 0) is 0 Å². The summed E-state index contributed by atoms with van der Waals surface area (Å²) >= 11 is 5.97. The van der Waals surface area contributed by atoms with Crippen LogP contribution >= 0.6 is 11.6 Å². The molecule has 3 N–H and O–H groups in total. The summed E-state index contributed by atoms with van der Waals surface area (Å²) in [4.78, 5) is 26.9. The average Bonchev–Trinajstić information content (AvgIpc) is 3.39. The normalized spacial score (nSPS) is 20.3. The molecular formula is C31H36ClN7O2. The number of ether oxygens (including phenoxy) is 1. The first-order chi connectivity index (χ1) is 19.9. The Morgan fingerprint density at radius 3 is 2.41 bits per heavy atom. The fourth-order valence-corrected chi connectivity index (χ4v) is 6.38. The van der Waals surface area contributed by atoms with Gasteiger partial charge in [0.15, 0.2) is 0 Å². The predicted octanol–water partition coefficient (Wildman–Crippen LogP) is 5.33. The maximum Gasteiger partial charge on any atom is 0.255 e. The van der Waals surface area contributed by atoms with Crippen molar-refractivity contribution in [2.45, 2.75) is 37.8 Å². The quantitative estimate of drug-likeness (QED) is 0.322. The number of nitrogen functional groups attached to an aromatic ring is 1. The van der Waals surface area contributed by atoms with Crippen molar-refractivity contribution in [3.8, 4) is 16.9 Å². The van der Waals surface area contributed by atoms with Crippen molar-refractivity contribution in [1.82, 2.24) is 24.3 Å². The molecule has 0 spiro atoms. The molecule has 0 unspecified atom stereocenters. The molecule has 2 fully saturated rings. The lowest BCUT2D eigenvalue weighted by molar-refractivity contribution is 0.0828. The fourth-order valence-electron chi connectivity index (χ4n) is 6.25. The molecular weight excluding hydrogens is 538 g/mol. The summed E-state index contributed by atoms with van der Waals surface area (Å²) in [5.41, 5.74) is 10.2. The number of carbonyl (C=O) groups is 1. The molecule has 1 amide bonds. The molecule has 2 aromatic carbocycles. The van der Waals surface area contributed by atoms with E-state index in [1.165, 1.54) is 12.8 Å². The number of hydrogen-bond acceptors (Lipinski definition) is 7. The van der Waals surface area contributed by atoms with Crippen molar-refractivity contribution in [2.75, 3.05) is 51.4 Å². The van der Waals surface area contributed by atoms with Gasteiger partial charge in [-0.25, -0.2) is 9.97 Å². The second-order valence-electron chi connectivity index (χ2n) is 11.1. The fraction of sp³-hybridized carbons (Fsp3) is 0.387. The molecule has 2 aliphatic rings. The van der Waals surface area contributed by atoms with E-state index in [4.69, 9.17) is 22.1 Å². The van der Waals surface area contributed by atoms with Gasteiger partial charge in [-0.15, -0.1) is 0 Å². The van der Waals surface area contributed by atoms with Crippen LogP contribution in [0.15, 0.2) is 55.0 Å². The molecule has 0 atom stereocenters. The Balaban J connectivity index is 1.26. The number of amides is 1. The smallest absolute Gasteiger partial charge is 0.255 e. The molecule has 9 nitrogen and oxygen atoms in total. The first-order valence-corrected chi connectivity index (χ1v) is 14.6. The van der Waals surface area contributed by atoms with E-state index in [9.17, 15) is 4.79 Å². The Kier molecular flexibility index (Phi) is 7.84. The highest BCUT2D eigenvalue weighted by Gasteiger charge is 2.30. The van der Waals surface area contributed by atoms with Gasteiger partial charge < -0.3 is 25.3 Å². The first-order valence-electron chi connectivity index (χ1n) is 14.2. The largest absolute Gasteiger partial charge is 0.495 e. The summed E-state index contributed by atoms with van der Waals surface area (Å²) in [7, 11) is 3.80. The minimum atomic E-state index is -0.242. The second kappa shape index (κ2) is 11.7. The Hall–Kier alpha value is -3.66. The lowest BCUT2D eigenvalue weighted by Crippen LogP contribution is -2.49. The summed E-state index contributed by atoms with van der Waals surface area (Å²) < 4.78 is 7.99. The van der Waals surface area contributed by atoms with Crippen LogP contribution in [0.25, 0.3) is 22.2 Å². The first kappa shape index (κ1) is 27.5. The van der Waals surface area contributed by atoms with Gasteiger partial charge in [0.2, 0.25) is 0 Å². The Bertz CT molecular complexity index is 1540. The summed E-state index contributed by atoms with van der Waals surface area (Å²) in [6, 6.07) is 13.5. The molecule has 3 heterocycles. The van der Waals surface area contributed by atoms with Crippen molar-refractivity contribution in [1.29, 1.82) is 0 Å². The number of methoxy groups -OCH3 is 1. The number of halogens is 1. The van der Waals surface area contributed by atoms with Gasteiger partial charge in [-0.3, -0.25) is 9.69 Å². The number of anilines is 2. The lowest BCUT2D eigenvalue weighted by Gasteiger charge is -2.41. The van der Waals surface area contributed by atoms with Crippen molar-refractivity contribution in [3.05, 3.63) is 65.6 Å². The van der Waals surface area contributed by atoms with Crippen LogP contribution in [0.1, 0.15) is 42.1 Å². The van der Waals surface area contributed by atoms with Crippen LogP contribution in [0.5, 0.6) is 5.75 Å². The number of likely N-dealkylation sites (N-methyl/N-ethyl adjacent to an activating group) is 1. The Morgan fingerprint density at radius 2 is 1.71 bits per heavy atom. The highest BCUT2D eigenvalue weighted by atomic mass is 35.5. The number of aromatic nitrogens is 3. The second-order valence-corrected chi connectivity index (χ2v) is 11.5. The maximum absolute atomic E-state index is 12.8. The van der Waals surface area contributed by atoms with E-state index in [1.54, 1.807) is 37.7 Å². The van der Waals surface area contributed by atoms with Gasteiger partial charge in [-0.1, -0.05) is 17.7 Å². The van der Waals surface area contributed by atoms with Crippen LogP contribution in [0.4, 0.5) is 11.5 Å². The van der Waals surface area contributed by atoms with Gasteiger partial charge in [-0.05, 0) is 74.7 Å². The van der Waals surface area contributed by atoms with Gasteiger partial charge in [0.1, 0.15) is 23.5 Å². The van der Waals surface area contributed by atoms with Gasteiger partial charge >= 0.3 is 0 Å². The third-order valence-corrected chi connectivity index (χ3v) is 8.87. The van der Waals surface area contributed by atoms with Crippen LogP contribution in [0.2, 0.25) is 5.02 Å². The van der Waals surface area contributed by atoms with Gasteiger partial charge in [0.05, 0.1) is 18.2 Å². The minimum Gasteiger partial charge on any atom is -0.495 e. The van der Waals surface area contributed by atoms with E-state index >= 15 is 0 Å². The number of benzene rings is 2. The van der Waals surface area contributed by atoms with Gasteiger partial charge in [0.25, 0.3) is 5.91 Å². The van der Waals surface area contributed by atoms with Crippen LogP contribution < -0.4 is 15.8 Å². The van der Waals surface area contributed by atoms with E-state index in [1.807, 2.05) is 18.2 Å². The molecule has 1 saturated carbocycles. The molecule has 10 heteroatoms. The summed E-state index contributed by atoms with van der Waals surface area (Å²) in [5.74, 6) is 0.761. The van der Waals surface area contributed by atoms with Crippen LogP contribution in [0.3, 0.4) is 0 Å². The topological polar surface area (TPSA) is 102 Å². The van der Waals surface area contributed by atoms with Crippen LogP contribution in [0, 0.1) is 0 Å². The number of nitrogens with two attached hydrogens (primary N) is 1. The molecule has 6 rings (SSSR count). The Labute approximate surface area is 245 Å². The minimum absolute atomic E-state index is 0.242. The molecule has 4 aromatic rings. The molecule has 214 valence electrons. The van der Waals surface area contributed by atoms with Crippen molar-refractivity contribution >= 4 is 40.0 Å². The van der Waals surface area contributed by atoms with Crippen molar-refractivity contribution in [2.24, 2.45) is 0 Å². The molecule has 1 aliphatic carbocycles. The molecule has 0 radical (unpaired) electrons. The summed E-state index contributed by atoms with van der Waals surface area (Å²) in [6.45, 7) is 4.61. The van der Waals surface area contributed by atoms with Gasteiger partial charge in [0, 0.05) is 60.6 Å². The molecule has 0 bridgehead atoms. The van der Waals surface area contributed by atoms with E-state index in [2.05, 4.69) is 42.9 Å². The zero-order chi connectivity index (χ0) is 28.5. The van der Waals surface area contributed by atoms with E-state index in [0.29, 0.717) is 39.9 Å². The SMILES string of the molecule is COc1cc(-c2cn(C3CCC(N4CCN(C)CC4)CC3)c3ncnc(N)c23)ccc1NC(=O)c1ccc(Cl)cc1. The monoisotopic (exact) mass is 573 g/mol. The third-order valence-electron chi connectivity index (χ3n) is 8.62. The number of piperazine rings is 1. The number of hydrogen-bond donors (Lipinski definition) is 2. The number of nitrogens with one attached hydrogen (secondary N) is 1. The molecule has 1 aliphatic heterocycles. The lowest BCUT2D eigenvalue weighted by atomic mass is 9.89. The predicted molar refractivity (Wildman–Crippen MR) is 164 cm³/mol. The number of carbonyl (C=O) groups excluding carboxylic acids is 1. The zero-order valence-corrected chi connectivity index (χ0v) is 24.3. The maximum atomic E-state index is 12.8. The molecule has 1 saturated heterocycles. The van der Waals surface area contributed by atoms with Crippen molar-refractivity contribution < 1.29 is 9.53 Å². The van der Waals surface area contributed by atoms with Crippen molar-refractivity contribution in [3.63, 3.8) is 0 Å².